The molecule has 2 unspecified atom stereocenters. The molecule has 0 aromatic heterocycles. The van der Waals surface area contributed by atoms with Gasteiger partial charge in [0.25, 0.3) is 0 Å². The number of piperidine rings is 1. The Kier molecular flexibility index (Phi) is 4.58. The molecule has 0 aromatic carbocycles. The van der Waals surface area contributed by atoms with Crippen molar-refractivity contribution in [3.8, 4) is 0 Å². The Balaban J connectivity index is 2.31. The lowest BCUT2D eigenvalue weighted by molar-refractivity contribution is 0.0535. The van der Waals surface area contributed by atoms with Gasteiger partial charge in [-0.25, -0.2) is 0 Å². The smallest absolute Gasteiger partial charge is 0.0506 e. The van der Waals surface area contributed by atoms with Crippen LogP contribution in [0.2, 0.25) is 0 Å². The summed E-state index contributed by atoms with van der Waals surface area (Å²) in [7, 11) is 3.53. The number of nitrogens with one attached hydrogen (secondary N) is 1. The first-order valence-corrected chi connectivity index (χ1v) is 4.57. The van der Waals surface area contributed by atoms with Crippen molar-refractivity contribution in [3.63, 3.8) is 0 Å². The molecular formula is C9H19NO2. The van der Waals surface area contributed by atoms with Crippen LogP contribution in [0.1, 0.15) is 6.42 Å². The summed E-state index contributed by atoms with van der Waals surface area (Å²) in [6.07, 6.45) is 1.21. The van der Waals surface area contributed by atoms with E-state index in [1.54, 1.807) is 14.2 Å². The molecule has 0 aromatic rings. The normalized spacial score (nSPS) is 30.5. The van der Waals surface area contributed by atoms with E-state index in [1.807, 2.05) is 0 Å². The SMILES string of the molecule is COCC1CCNCC1COC. The standard InChI is InChI=1S/C9H19NO2/c1-11-6-8-3-4-10-5-9(8)7-12-2/h8-10H,3-7H2,1-2H3. The van der Waals surface area contributed by atoms with Crippen LogP contribution in [0.3, 0.4) is 0 Å². The molecule has 1 rings (SSSR count). The molecule has 0 saturated carbocycles. The highest BCUT2D eigenvalue weighted by molar-refractivity contribution is 4.77. The van der Waals surface area contributed by atoms with Crippen LogP contribution in [-0.2, 0) is 9.47 Å². The summed E-state index contributed by atoms with van der Waals surface area (Å²) in [6.45, 7) is 3.91. The fraction of sp³-hybridized carbons (Fsp3) is 1.00. The van der Waals surface area contributed by atoms with Gasteiger partial charge in [0.2, 0.25) is 0 Å². The highest BCUT2D eigenvalue weighted by atomic mass is 16.5. The predicted molar refractivity (Wildman–Crippen MR) is 48.2 cm³/mol. The third-order valence-corrected chi connectivity index (χ3v) is 2.53. The third-order valence-electron chi connectivity index (χ3n) is 2.53. The molecule has 0 aliphatic carbocycles. The molecule has 0 spiro atoms. The lowest BCUT2D eigenvalue weighted by Crippen LogP contribution is -2.40. The number of methoxy groups -OCH3 is 2. The van der Waals surface area contributed by atoms with Gasteiger partial charge in [0.05, 0.1) is 6.61 Å². The highest BCUT2D eigenvalue weighted by Crippen LogP contribution is 2.19. The van der Waals surface area contributed by atoms with Crippen LogP contribution in [0.25, 0.3) is 0 Å². The maximum absolute atomic E-state index is 5.17. The molecule has 0 radical (unpaired) electrons. The molecule has 1 N–H and O–H groups in total. The molecule has 72 valence electrons. The third kappa shape index (κ3) is 2.73. The first kappa shape index (κ1) is 9.96. The van der Waals surface area contributed by atoms with Crippen LogP contribution in [0, 0.1) is 11.8 Å². The van der Waals surface area contributed by atoms with Crippen LogP contribution >= 0.6 is 0 Å². The zero-order valence-corrected chi connectivity index (χ0v) is 8.01. The van der Waals surface area contributed by atoms with Gasteiger partial charge in [0, 0.05) is 27.4 Å². The van der Waals surface area contributed by atoms with Crippen LogP contribution < -0.4 is 5.32 Å². The second kappa shape index (κ2) is 5.51. The quantitative estimate of drug-likeness (QED) is 0.671. The Morgan fingerprint density at radius 3 is 2.50 bits per heavy atom. The van der Waals surface area contributed by atoms with E-state index in [2.05, 4.69) is 5.32 Å². The van der Waals surface area contributed by atoms with E-state index in [0.717, 1.165) is 26.3 Å². The van der Waals surface area contributed by atoms with E-state index in [1.165, 1.54) is 6.42 Å². The molecule has 1 aliphatic rings. The molecule has 0 amide bonds. The van der Waals surface area contributed by atoms with Crippen LogP contribution in [-0.4, -0.2) is 40.5 Å². The molecule has 0 bridgehead atoms. The summed E-state index contributed by atoms with van der Waals surface area (Å²) in [6, 6.07) is 0. The number of hydrogen-bond donors (Lipinski definition) is 1. The van der Waals surface area contributed by atoms with Crippen molar-refractivity contribution in [2.45, 2.75) is 6.42 Å². The van der Waals surface area contributed by atoms with Gasteiger partial charge < -0.3 is 14.8 Å². The van der Waals surface area contributed by atoms with E-state index < -0.39 is 0 Å². The van der Waals surface area contributed by atoms with E-state index >= 15 is 0 Å². The number of ether oxygens (including phenoxy) is 2. The van der Waals surface area contributed by atoms with Crippen molar-refractivity contribution in [1.82, 2.24) is 5.32 Å². The van der Waals surface area contributed by atoms with Crippen molar-refractivity contribution in [2.75, 3.05) is 40.5 Å². The van der Waals surface area contributed by atoms with Crippen molar-refractivity contribution in [1.29, 1.82) is 0 Å². The first-order valence-electron chi connectivity index (χ1n) is 4.57. The molecule has 12 heavy (non-hydrogen) atoms. The van der Waals surface area contributed by atoms with Crippen LogP contribution in [0.5, 0.6) is 0 Å². The number of rotatable bonds is 4. The fourth-order valence-electron chi connectivity index (χ4n) is 1.82. The molecule has 1 saturated heterocycles. The van der Waals surface area contributed by atoms with Gasteiger partial charge in [-0.1, -0.05) is 0 Å². The average molecular weight is 173 g/mol. The summed E-state index contributed by atoms with van der Waals surface area (Å²) in [5.41, 5.74) is 0. The Morgan fingerprint density at radius 1 is 1.17 bits per heavy atom. The van der Waals surface area contributed by atoms with Gasteiger partial charge in [0.15, 0.2) is 0 Å². The topological polar surface area (TPSA) is 30.5 Å². The highest BCUT2D eigenvalue weighted by Gasteiger charge is 2.24. The van der Waals surface area contributed by atoms with E-state index in [9.17, 15) is 0 Å². The maximum Gasteiger partial charge on any atom is 0.0506 e. The Bertz CT molecular complexity index is 101. The minimum atomic E-state index is 0.628. The molecule has 1 fully saturated rings. The minimum absolute atomic E-state index is 0.628. The fourth-order valence-corrected chi connectivity index (χ4v) is 1.82. The minimum Gasteiger partial charge on any atom is -0.384 e. The van der Waals surface area contributed by atoms with Crippen molar-refractivity contribution in [2.24, 2.45) is 11.8 Å². The lowest BCUT2D eigenvalue weighted by atomic mass is 9.88. The van der Waals surface area contributed by atoms with E-state index in [-0.39, 0.29) is 0 Å². The van der Waals surface area contributed by atoms with Gasteiger partial charge in [-0.05, 0) is 24.8 Å². The van der Waals surface area contributed by atoms with Gasteiger partial charge in [-0.15, -0.1) is 0 Å². The monoisotopic (exact) mass is 173 g/mol. The first-order chi connectivity index (χ1) is 5.88. The zero-order chi connectivity index (χ0) is 8.81. The van der Waals surface area contributed by atoms with Gasteiger partial charge >= 0.3 is 0 Å². The largest absolute Gasteiger partial charge is 0.384 e. The molecule has 2 atom stereocenters. The molecule has 1 heterocycles. The Labute approximate surface area is 74.4 Å². The van der Waals surface area contributed by atoms with E-state index in [0.29, 0.717) is 11.8 Å². The summed E-state index contributed by atoms with van der Waals surface area (Å²) < 4.78 is 10.3. The van der Waals surface area contributed by atoms with Crippen molar-refractivity contribution in [3.05, 3.63) is 0 Å². The van der Waals surface area contributed by atoms with E-state index in [4.69, 9.17) is 9.47 Å². The Hall–Kier alpha value is -0.120. The van der Waals surface area contributed by atoms with Gasteiger partial charge in [-0.2, -0.15) is 0 Å². The lowest BCUT2D eigenvalue weighted by Gasteiger charge is -2.31. The zero-order valence-electron chi connectivity index (χ0n) is 8.01. The van der Waals surface area contributed by atoms with Crippen LogP contribution in [0.15, 0.2) is 0 Å². The van der Waals surface area contributed by atoms with Gasteiger partial charge in [0.1, 0.15) is 0 Å². The second-order valence-corrected chi connectivity index (χ2v) is 3.42. The van der Waals surface area contributed by atoms with Crippen molar-refractivity contribution >= 4 is 0 Å². The van der Waals surface area contributed by atoms with Crippen molar-refractivity contribution < 1.29 is 9.47 Å². The summed E-state index contributed by atoms with van der Waals surface area (Å²) in [5.74, 6) is 1.31. The average Bonchev–Trinajstić information content (AvgIpc) is 2.09. The summed E-state index contributed by atoms with van der Waals surface area (Å²) in [5, 5.41) is 3.37. The second-order valence-electron chi connectivity index (χ2n) is 3.42. The summed E-state index contributed by atoms with van der Waals surface area (Å²) in [4.78, 5) is 0. The number of hydrogen-bond acceptors (Lipinski definition) is 3. The summed E-state index contributed by atoms with van der Waals surface area (Å²) >= 11 is 0. The molecule has 3 heteroatoms. The van der Waals surface area contributed by atoms with Crippen LogP contribution in [0.4, 0.5) is 0 Å². The molecule has 1 aliphatic heterocycles. The predicted octanol–water partition coefficient (Wildman–Crippen LogP) is 0.505. The Morgan fingerprint density at radius 2 is 1.83 bits per heavy atom. The maximum atomic E-state index is 5.17. The molecular weight excluding hydrogens is 154 g/mol. The van der Waals surface area contributed by atoms with Gasteiger partial charge in [-0.3, -0.25) is 0 Å². The molecule has 3 nitrogen and oxygen atoms in total.